The minimum absolute atomic E-state index is 0.469. The molecule has 0 bridgehead atoms. The van der Waals surface area contributed by atoms with Gasteiger partial charge in [0.25, 0.3) is 0 Å². The quantitative estimate of drug-likeness (QED) is 0.877. The Labute approximate surface area is 101 Å². The van der Waals surface area contributed by atoms with Crippen LogP contribution in [0.5, 0.6) is 0 Å². The van der Waals surface area contributed by atoms with E-state index in [-0.39, 0.29) is 0 Å². The van der Waals surface area contributed by atoms with Crippen molar-refractivity contribution >= 4 is 5.82 Å². The number of rotatable bonds is 3. The van der Waals surface area contributed by atoms with Crippen LogP contribution in [0.15, 0.2) is 30.9 Å². The highest BCUT2D eigenvalue weighted by Gasteiger charge is 2.37. The average Bonchev–Trinajstić information content (AvgIpc) is 2.86. The van der Waals surface area contributed by atoms with Gasteiger partial charge in [-0.15, -0.1) is 0 Å². The van der Waals surface area contributed by atoms with Crippen LogP contribution in [0.25, 0.3) is 11.3 Å². The molecule has 0 unspecified atom stereocenters. The molecule has 2 aromatic rings. The van der Waals surface area contributed by atoms with Gasteiger partial charge in [0.15, 0.2) is 0 Å². The van der Waals surface area contributed by atoms with Gasteiger partial charge in [-0.2, -0.15) is 0 Å². The first kappa shape index (κ1) is 10.3. The molecule has 2 aromatic heterocycles. The summed E-state index contributed by atoms with van der Waals surface area (Å²) in [6, 6.07) is 3.82. The normalized spacial score (nSPS) is 17.0. The predicted molar refractivity (Wildman–Crippen MR) is 67.2 cm³/mol. The number of pyridine rings is 1. The van der Waals surface area contributed by atoms with E-state index in [0.717, 1.165) is 17.8 Å². The topological polar surface area (TPSA) is 56.7 Å². The number of aromatic nitrogens is 3. The van der Waals surface area contributed by atoms with E-state index < -0.39 is 0 Å². The Kier molecular flexibility index (Phi) is 2.18. The zero-order valence-electron chi connectivity index (χ0n) is 9.93. The highest BCUT2D eigenvalue weighted by molar-refractivity contribution is 5.59. The van der Waals surface area contributed by atoms with E-state index in [2.05, 4.69) is 21.5 Å². The van der Waals surface area contributed by atoms with Crippen molar-refractivity contribution in [3.05, 3.63) is 30.9 Å². The van der Waals surface area contributed by atoms with Crippen molar-refractivity contribution in [2.24, 2.45) is 5.41 Å². The Bertz CT molecular complexity index is 523. The summed E-state index contributed by atoms with van der Waals surface area (Å²) in [6.45, 7) is 3.35. The van der Waals surface area contributed by atoms with Gasteiger partial charge in [0, 0.05) is 18.3 Å². The van der Waals surface area contributed by atoms with E-state index in [9.17, 15) is 0 Å². The maximum Gasteiger partial charge on any atom is 0.123 e. The highest BCUT2D eigenvalue weighted by Crippen LogP contribution is 2.46. The van der Waals surface area contributed by atoms with Crippen LogP contribution in [0, 0.1) is 5.41 Å². The maximum absolute atomic E-state index is 5.60. The fraction of sp³-hybridized carbons (Fsp3) is 0.385. The van der Waals surface area contributed by atoms with Gasteiger partial charge in [-0.1, -0.05) is 6.92 Å². The Hall–Kier alpha value is -1.84. The van der Waals surface area contributed by atoms with E-state index in [1.807, 2.05) is 24.7 Å². The molecule has 1 aliphatic carbocycles. The summed E-state index contributed by atoms with van der Waals surface area (Å²) in [6.07, 6.45) is 8.21. The molecule has 0 amide bonds. The van der Waals surface area contributed by atoms with Crippen LogP contribution < -0.4 is 5.73 Å². The van der Waals surface area contributed by atoms with Gasteiger partial charge in [-0.3, -0.25) is 0 Å². The number of hydrogen-bond donors (Lipinski definition) is 1. The Morgan fingerprint density at radius 3 is 2.82 bits per heavy atom. The number of anilines is 1. The average molecular weight is 228 g/mol. The van der Waals surface area contributed by atoms with E-state index in [4.69, 9.17) is 5.73 Å². The second-order valence-electron chi connectivity index (χ2n) is 5.19. The van der Waals surface area contributed by atoms with E-state index in [0.29, 0.717) is 11.2 Å². The van der Waals surface area contributed by atoms with Crippen LogP contribution >= 0.6 is 0 Å². The SMILES string of the molecule is CC1(Cn2cncc2-c2ccc(N)nc2)CC1. The fourth-order valence-electron chi connectivity index (χ4n) is 2.03. The minimum Gasteiger partial charge on any atom is -0.384 e. The molecule has 0 saturated heterocycles. The summed E-state index contributed by atoms with van der Waals surface area (Å²) in [5.41, 5.74) is 8.25. The van der Waals surface area contributed by atoms with Crippen molar-refractivity contribution < 1.29 is 0 Å². The zero-order chi connectivity index (χ0) is 11.9. The molecule has 1 aliphatic rings. The molecule has 4 heteroatoms. The molecule has 1 fully saturated rings. The first-order valence-electron chi connectivity index (χ1n) is 5.88. The molecule has 3 rings (SSSR count). The standard InChI is InChI=1S/C13H16N4/c1-13(4-5-13)8-17-9-15-7-11(17)10-2-3-12(14)16-6-10/h2-3,6-7,9H,4-5,8H2,1H3,(H2,14,16). The Balaban J connectivity index is 1.92. The summed E-state index contributed by atoms with van der Waals surface area (Å²) in [7, 11) is 0. The summed E-state index contributed by atoms with van der Waals surface area (Å²) in [5.74, 6) is 0.550. The lowest BCUT2D eigenvalue weighted by molar-refractivity contribution is 0.467. The fourth-order valence-corrected chi connectivity index (χ4v) is 2.03. The zero-order valence-corrected chi connectivity index (χ0v) is 9.93. The first-order valence-corrected chi connectivity index (χ1v) is 5.88. The molecule has 0 radical (unpaired) electrons. The molecule has 0 aliphatic heterocycles. The molecule has 0 spiro atoms. The monoisotopic (exact) mass is 228 g/mol. The van der Waals surface area contributed by atoms with Gasteiger partial charge < -0.3 is 10.3 Å². The first-order chi connectivity index (χ1) is 8.16. The van der Waals surface area contributed by atoms with Gasteiger partial charge >= 0.3 is 0 Å². The molecule has 4 nitrogen and oxygen atoms in total. The predicted octanol–water partition coefficient (Wildman–Crippen LogP) is 2.33. The summed E-state index contributed by atoms with van der Waals surface area (Å²) >= 11 is 0. The largest absolute Gasteiger partial charge is 0.384 e. The highest BCUT2D eigenvalue weighted by atomic mass is 15.1. The third-order valence-corrected chi connectivity index (χ3v) is 3.45. The molecule has 17 heavy (non-hydrogen) atoms. The minimum atomic E-state index is 0.469. The molecule has 0 aromatic carbocycles. The van der Waals surface area contributed by atoms with Crippen LogP contribution in [0.1, 0.15) is 19.8 Å². The van der Waals surface area contributed by atoms with Crippen molar-refractivity contribution in [3.8, 4) is 11.3 Å². The Morgan fingerprint density at radius 1 is 1.35 bits per heavy atom. The van der Waals surface area contributed by atoms with Gasteiger partial charge in [0.05, 0.1) is 18.2 Å². The lowest BCUT2D eigenvalue weighted by Gasteiger charge is -2.12. The van der Waals surface area contributed by atoms with Crippen LogP contribution in [-0.2, 0) is 6.54 Å². The molecule has 88 valence electrons. The number of nitrogen functional groups attached to an aromatic ring is 1. The molecular weight excluding hydrogens is 212 g/mol. The van der Waals surface area contributed by atoms with Crippen LogP contribution in [0.3, 0.4) is 0 Å². The number of nitrogens with two attached hydrogens (primary N) is 1. The van der Waals surface area contributed by atoms with Gasteiger partial charge in [0.2, 0.25) is 0 Å². The van der Waals surface area contributed by atoms with Crippen molar-refractivity contribution in [3.63, 3.8) is 0 Å². The molecule has 2 heterocycles. The Morgan fingerprint density at radius 2 is 2.18 bits per heavy atom. The van der Waals surface area contributed by atoms with Crippen LogP contribution in [0.4, 0.5) is 5.82 Å². The van der Waals surface area contributed by atoms with E-state index in [1.165, 1.54) is 12.8 Å². The summed E-state index contributed by atoms with van der Waals surface area (Å²) in [5, 5.41) is 0. The van der Waals surface area contributed by atoms with E-state index >= 15 is 0 Å². The smallest absolute Gasteiger partial charge is 0.123 e. The third kappa shape index (κ3) is 2.02. The maximum atomic E-state index is 5.60. The third-order valence-electron chi connectivity index (χ3n) is 3.45. The summed E-state index contributed by atoms with van der Waals surface area (Å²) in [4.78, 5) is 8.36. The van der Waals surface area contributed by atoms with Gasteiger partial charge in [-0.25, -0.2) is 9.97 Å². The second kappa shape index (κ2) is 3.58. The molecule has 0 atom stereocenters. The van der Waals surface area contributed by atoms with Crippen LogP contribution in [0.2, 0.25) is 0 Å². The molecule has 1 saturated carbocycles. The van der Waals surface area contributed by atoms with Crippen molar-refractivity contribution in [1.82, 2.24) is 14.5 Å². The van der Waals surface area contributed by atoms with Crippen molar-refractivity contribution in [1.29, 1.82) is 0 Å². The van der Waals surface area contributed by atoms with Gasteiger partial charge in [-0.05, 0) is 30.4 Å². The van der Waals surface area contributed by atoms with Crippen molar-refractivity contribution in [2.75, 3.05) is 5.73 Å². The molecular formula is C13H16N4. The number of nitrogens with zero attached hydrogens (tertiary/aromatic N) is 3. The summed E-state index contributed by atoms with van der Waals surface area (Å²) < 4.78 is 2.21. The lowest BCUT2D eigenvalue weighted by Crippen LogP contribution is -2.08. The lowest BCUT2D eigenvalue weighted by atomic mass is 10.1. The van der Waals surface area contributed by atoms with E-state index in [1.54, 1.807) is 6.20 Å². The van der Waals surface area contributed by atoms with Crippen LogP contribution in [-0.4, -0.2) is 14.5 Å². The number of imidazole rings is 1. The van der Waals surface area contributed by atoms with Gasteiger partial charge in [0.1, 0.15) is 5.82 Å². The number of hydrogen-bond acceptors (Lipinski definition) is 3. The van der Waals surface area contributed by atoms with Crippen molar-refractivity contribution in [2.45, 2.75) is 26.3 Å². The second-order valence-corrected chi connectivity index (χ2v) is 5.19. The molecule has 2 N–H and O–H groups in total.